The van der Waals surface area contributed by atoms with Gasteiger partial charge < -0.3 is 0 Å². The first kappa shape index (κ1) is 85.9. The lowest BCUT2D eigenvalue weighted by Crippen LogP contribution is -2.83. The Morgan fingerprint density at radius 3 is 0.389 bits per heavy atom. The molecular weight excluding hydrogens is 1490 g/mol. The highest BCUT2D eigenvalue weighted by Gasteiger charge is 3.06. The molecule has 0 radical (unpaired) electrons. The van der Waals surface area contributed by atoms with Gasteiger partial charge in [-0.05, 0) is 0 Å². The Morgan fingerprint density at radius 2 is 0.278 bits per heavy atom. The van der Waals surface area contributed by atoms with Crippen molar-refractivity contribution >= 4 is 0 Å². The van der Waals surface area contributed by atoms with Gasteiger partial charge in [-0.1, -0.05) is 13.3 Å². The summed E-state index contributed by atoms with van der Waals surface area (Å²) in [6.07, 6.45) is -22.4. The Bertz CT molecular complexity index is 2540. The Hall–Kier alpha value is -4.06. The monoisotopic (exact) mass is 1490 g/mol. The van der Waals surface area contributed by atoms with Crippen LogP contribution in [0.4, 0.5) is 255 Å². The molecule has 1 unspecified atom stereocenters. The van der Waals surface area contributed by atoms with Gasteiger partial charge in [-0.2, -0.15) is 241 Å². The van der Waals surface area contributed by atoms with Gasteiger partial charge in [-0.3, -0.25) is 0 Å². The quantitative estimate of drug-likeness (QED) is 0.0655. The van der Waals surface area contributed by atoms with E-state index in [1.165, 1.54) is 0 Å². The number of rotatable bonds is 29. The van der Waals surface area contributed by atoms with Crippen molar-refractivity contribution in [2.45, 2.75) is 192 Å². The predicted octanol–water partition coefficient (Wildman–Crippen LogP) is 19.8. The van der Waals surface area contributed by atoms with Crippen molar-refractivity contribution in [1.82, 2.24) is 0 Å². The third kappa shape index (κ3) is 9.32. The molecule has 0 aliphatic carbocycles. The molecule has 0 aliphatic rings. The summed E-state index contributed by atoms with van der Waals surface area (Å²) in [5.74, 6) is -272. The smallest absolute Gasteiger partial charge is 0.223 e. The summed E-state index contributed by atoms with van der Waals surface area (Å²) < 4.78 is 810. The molecule has 0 heterocycles. The zero-order valence-electron chi connectivity index (χ0n) is 38.9. The van der Waals surface area contributed by atoms with Crippen LogP contribution in [-0.4, -0.2) is 172 Å². The van der Waals surface area contributed by atoms with E-state index in [0.29, 0.717) is 0 Å². The van der Waals surface area contributed by atoms with E-state index in [4.69, 9.17) is 0 Å². The van der Waals surface area contributed by atoms with Crippen LogP contribution in [0, 0.1) is 0 Å². The van der Waals surface area contributed by atoms with E-state index < -0.39 is 185 Å². The number of alkyl halides is 58. The molecule has 0 N–H and O–H groups in total. The first-order chi connectivity index (χ1) is 37.8. The molecule has 0 aromatic rings. The summed E-state index contributed by atoms with van der Waals surface area (Å²) in [4.78, 5) is 0. The van der Waals surface area contributed by atoms with Gasteiger partial charge in [0.2, 0.25) is 0 Å². The zero-order valence-corrected chi connectivity index (χ0v) is 38.9. The predicted molar refractivity (Wildman–Crippen MR) is 159 cm³/mol. The van der Waals surface area contributed by atoms with Gasteiger partial charge in [0.25, 0.3) is 6.43 Å². The number of hydrogen-bond acceptors (Lipinski definition) is 0. The second-order valence-corrected chi connectivity index (χ2v) is 17.3. The molecule has 0 aromatic heterocycles. The largest absolute Gasteiger partial charge is 0.460 e. The summed E-state index contributed by atoms with van der Waals surface area (Å²) in [7, 11) is 0. The van der Waals surface area contributed by atoms with Crippen LogP contribution < -0.4 is 0 Å². The lowest BCUT2D eigenvalue weighted by molar-refractivity contribution is -0.496. The fourth-order valence-electron chi connectivity index (χ4n) is 5.95. The molecular formula is C32H8F58. The number of hydrogen-bond donors (Lipinski definition) is 0. The van der Waals surface area contributed by atoms with Crippen molar-refractivity contribution in [3.05, 3.63) is 0 Å². The van der Waals surface area contributed by atoms with Crippen molar-refractivity contribution in [3.63, 3.8) is 0 Å². The average molecular weight is 1490 g/mol. The van der Waals surface area contributed by atoms with Crippen LogP contribution in [0.25, 0.3) is 0 Å². The maximum atomic E-state index is 15.0. The fourth-order valence-corrected chi connectivity index (χ4v) is 5.95. The molecule has 0 saturated heterocycles. The van der Waals surface area contributed by atoms with Gasteiger partial charge in [-0.15, -0.1) is 0 Å². The van der Waals surface area contributed by atoms with Crippen LogP contribution in [0.2, 0.25) is 0 Å². The minimum Gasteiger partial charge on any atom is -0.223 e. The van der Waals surface area contributed by atoms with Gasteiger partial charge in [0.05, 0.1) is 0 Å². The lowest BCUT2D eigenvalue weighted by atomic mass is 9.76. The van der Waals surface area contributed by atoms with Crippen molar-refractivity contribution in [2.24, 2.45) is 0 Å². The lowest BCUT2D eigenvalue weighted by Gasteiger charge is -2.49. The Morgan fingerprint density at radius 1 is 0.167 bits per heavy atom. The molecule has 0 spiro atoms. The van der Waals surface area contributed by atoms with E-state index in [-0.39, 0.29) is 6.92 Å². The summed E-state index contributed by atoms with van der Waals surface area (Å²) in [5.41, 5.74) is -11.0. The summed E-state index contributed by atoms with van der Waals surface area (Å²) in [5, 5.41) is 0. The van der Waals surface area contributed by atoms with E-state index in [1.54, 1.807) is 0 Å². The second kappa shape index (κ2) is 21.0. The van der Waals surface area contributed by atoms with E-state index in [2.05, 4.69) is 0 Å². The van der Waals surface area contributed by atoms with Crippen LogP contribution in [0.5, 0.6) is 0 Å². The molecule has 0 saturated carbocycles. The normalized spacial score (nSPS) is 18.0. The highest BCUT2D eigenvalue weighted by atomic mass is 19.5. The highest BCUT2D eigenvalue weighted by molar-refractivity contribution is 5.27. The first-order valence-corrected chi connectivity index (χ1v) is 19.6. The third-order valence-corrected chi connectivity index (χ3v) is 11.7. The third-order valence-electron chi connectivity index (χ3n) is 11.7. The fraction of sp³-hybridized carbons (Fsp3) is 1.00. The summed E-state index contributed by atoms with van der Waals surface area (Å²) in [6.45, 7) is 0.0644. The summed E-state index contributed by atoms with van der Waals surface area (Å²) in [6, 6.07) is 0. The maximum Gasteiger partial charge on any atom is 0.460 e. The minimum absolute atomic E-state index is 0.0644. The molecule has 0 rings (SSSR count). The van der Waals surface area contributed by atoms with Crippen LogP contribution in [0.15, 0.2) is 0 Å². The van der Waals surface area contributed by atoms with E-state index in [9.17, 15) is 255 Å². The standard InChI is InChI=1S/C32H8F58/c1-2-3-5(35,36)7(38,39)10(44,45)13(50,51)16(56,57)19(62,63)22(68,69)23(70,71)20(64,65)17(58,59)14(52,53)11(46,47)8(40,41)6(37,4(33)34)9(42,43)12(48,49)15(54,55)18(60,61)21(66,67)24(72,73)25(74,75)26(76,77)27(78,79)28(80,81)29(82,83)30(84,85)31(86,87)32(88,89)90/h4H,2-3H2,1H3. The van der Waals surface area contributed by atoms with Crippen LogP contribution >= 0.6 is 0 Å². The van der Waals surface area contributed by atoms with Gasteiger partial charge in [0, 0.05) is 6.42 Å². The first-order valence-electron chi connectivity index (χ1n) is 19.6. The molecule has 1 atom stereocenters. The minimum atomic E-state index is -11.2. The van der Waals surface area contributed by atoms with Crippen LogP contribution in [0.1, 0.15) is 19.8 Å². The van der Waals surface area contributed by atoms with E-state index in [0.717, 1.165) is 0 Å². The molecule has 542 valence electrons. The van der Waals surface area contributed by atoms with E-state index in [1.807, 2.05) is 0 Å². The summed E-state index contributed by atoms with van der Waals surface area (Å²) >= 11 is 0. The Labute approximate surface area is 448 Å². The van der Waals surface area contributed by atoms with Crippen molar-refractivity contribution in [1.29, 1.82) is 0 Å². The molecule has 90 heavy (non-hydrogen) atoms. The van der Waals surface area contributed by atoms with Crippen LogP contribution in [0.3, 0.4) is 0 Å². The zero-order chi connectivity index (χ0) is 75.0. The van der Waals surface area contributed by atoms with Gasteiger partial charge >= 0.3 is 166 Å². The molecule has 0 aliphatic heterocycles. The SMILES string of the molecule is CCCC(F)(F)C(F)(F)C(F)(F)C(F)(F)C(F)(F)C(F)(F)C(F)(F)C(F)(F)C(F)(F)C(F)(F)C(F)(F)C(F)(F)C(F)(F)C(F)(C(F)F)C(F)(F)C(F)(F)C(F)(F)C(F)(F)C(F)(F)C(F)(F)C(F)(F)C(F)(F)C(F)(F)C(F)(F)C(F)(F)C(F)(F)C(F)(F)C(F)(F)F. The van der Waals surface area contributed by atoms with Crippen molar-refractivity contribution in [2.75, 3.05) is 0 Å². The number of halogens is 58. The van der Waals surface area contributed by atoms with Gasteiger partial charge in [-0.25, -0.2) is 13.2 Å². The van der Waals surface area contributed by atoms with Crippen molar-refractivity contribution < 1.29 is 255 Å². The maximum absolute atomic E-state index is 15.0. The Kier molecular flexibility index (Phi) is 20.0. The molecule has 0 bridgehead atoms. The average Bonchev–Trinajstić information content (AvgIpc) is 3.31. The van der Waals surface area contributed by atoms with Crippen molar-refractivity contribution in [3.8, 4) is 0 Å². The van der Waals surface area contributed by atoms with E-state index >= 15 is 0 Å². The van der Waals surface area contributed by atoms with Crippen LogP contribution in [-0.2, 0) is 0 Å². The van der Waals surface area contributed by atoms with Gasteiger partial charge in [0.15, 0.2) is 0 Å². The molecule has 0 amide bonds. The molecule has 0 nitrogen and oxygen atoms in total. The molecule has 58 heteroatoms. The highest BCUT2D eigenvalue weighted by Crippen LogP contribution is 2.74. The Balaban J connectivity index is 8.59. The molecule has 0 fully saturated rings. The molecule has 0 aromatic carbocycles. The second-order valence-electron chi connectivity index (χ2n) is 17.3. The topological polar surface area (TPSA) is 0 Å². The van der Waals surface area contributed by atoms with Gasteiger partial charge in [0.1, 0.15) is 0 Å².